The van der Waals surface area contributed by atoms with Crippen LogP contribution in [0.2, 0.25) is 0 Å². The van der Waals surface area contributed by atoms with Gasteiger partial charge in [-0.15, -0.1) is 0 Å². The normalized spacial score (nSPS) is 17.0. The van der Waals surface area contributed by atoms with E-state index in [0.717, 1.165) is 70.8 Å². The second-order valence-electron chi connectivity index (χ2n) is 17.1. The second kappa shape index (κ2) is 19.6. The van der Waals surface area contributed by atoms with Gasteiger partial charge in [0.15, 0.2) is 0 Å². The van der Waals surface area contributed by atoms with Crippen LogP contribution in [0, 0.1) is 16.2 Å². The van der Waals surface area contributed by atoms with Gasteiger partial charge < -0.3 is 25.8 Å². The van der Waals surface area contributed by atoms with E-state index in [4.69, 9.17) is 0 Å². The molecule has 0 radical (unpaired) electrons. The Hall–Kier alpha value is -2.16. The third-order valence-electron chi connectivity index (χ3n) is 9.04. The molecule has 268 valence electrons. The van der Waals surface area contributed by atoms with Crippen LogP contribution in [0.4, 0.5) is 0 Å². The number of hydrogen-bond donors (Lipinski definition) is 3. The van der Waals surface area contributed by atoms with Crippen molar-refractivity contribution in [2.45, 2.75) is 164 Å². The summed E-state index contributed by atoms with van der Waals surface area (Å²) in [4.78, 5) is 56.2. The third-order valence-corrected chi connectivity index (χ3v) is 9.04. The van der Waals surface area contributed by atoms with Crippen LogP contribution in [0.1, 0.15) is 146 Å². The van der Waals surface area contributed by atoms with Crippen molar-refractivity contribution in [2.75, 3.05) is 33.2 Å². The number of nitrogens with one attached hydrogen (secondary N) is 3. The highest BCUT2D eigenvalue weighted by Crippen LogP contribution is 2.27. The highest BCUT2D eigenvalue weighted by atomic mass is 16.2. The van der Waals surface area contributed by atoms with Crippen molar-refractivity contribution in [3.8, 4) is 0 Å². The fraction of sp³-hybridized carbons (Fsp3) is 0.892. The van der Waals surface area contributed by atoms with Crippen molar-refractivity contribution >= 4 is 23.6 Å². The zero-order chi connectivity index (χ0) is 35.1. The Morgan fingerprint density at radius 2 is 1.39 bits per heavy atom. The zero-order valence-electron chi connectivity index (χ0n) is 31.6. The maximum atomic E-state index is 13.9. The first-order valence-corrected chi connectivity index (χ1v) is 18.1. The Morgan fingerprint density at radius 3 is 1.93 bits per heavy atom. The predicted octanol–water partition coefficient (Wildman–Crippen LogP) is 6.05. The lowest BCUT2D eigenvalue weighted by Gasteiger charge is -2.38. The number of hydrogen-bond acceptors (Lipinski definition) is 5. The van der Waals surface area contributed by atoms with Gasteiger partial charge in [-0.25, -0.2) is 0 Å². The summed E-state index contributed by atoms with van der Waals surface area (Å²) in [6.45, 7) is 23.5. The monoisotopic (exact) mass is 650 g/mol. The molecule has 0 aromatic rings. The van der Waals surface area contributed by atoms with E-state index in [0.29, 0.717) is 32.5 Å². The highest BCUT2D eigenvalue weighted by Gasteiger charge is 2.40. The van der Waals surface area contributed by atoms with Gasteiger partial charge in [0.1, 0.15) is 6.04 Å². The molecule has 0 aliphatic carbocycles. The Balaban J connectivity index is 2.67. The predicted molar refractivity (Wildman–Crippen MR) is 189 cm³/mol. The maximum Gasteiger partial charge on any atom is 0.246 e. The molecule has 0 bridgehead atoms. The first kappa shape index (κ1) is 41.9. The number of nitrogens with zero attached hydrogens (tertiary/aromatic N) is 2. The van der Waals surface area contributed by atoms with Gasteiger partial charge in [0, 0.05) is 45.1 Å². The van der Waals surface area contributed by atoms with Gasteiger partial charge in [0.2, 0.25) is 23.6 Å². The van der Waals surface area contributed by atoms with Crippen LogP contribution in [0.3, 0.4) is 0 Å². The minimum Gasteiger partial charge on any atom is -0.356 e. The van der Waals surface area contributed by atoms with Crippen LogP contribution in [-0.2, 0) is 19.2 Å². The first-order chi connectivity index (χ1) is 21.2. The van der Waals surface area contributed by atoms with Crippen molar-refractivity contribution < 1.29 is 19.2 Å². The molecule has 9 nitrogen and oxygen atoms in total. The maximum absolute atomic E-state index is 13.9. The topological polar surface area (TPSA) is 111 Å². The van der Waals surface area contributed by atoms with Gasteiger partial charge >= 0.3 is 0 Å². The molecule has 3 N–H and O–H groups in total. The lowest BCUT2D eigenvalue weighted by molar-refractivity contribution is -0.142. The fourth-order valence-electron chi connectivity index (χ4n) is 5.66. The summed E-state index contributed by atoms with van der Waals surface area (Å²) in [5.41, 5.74) is -0.123. The van der Waals surface area contributed by atoms with Crippen molar-refractivity contribution in [3.05, 3.63) is 0 Å². The van der Waals surface area contributed by atoms with Gasteiger partial charge in [0.05, 0.1) is 6.04 Å². The SMILES string of the molecule is CN[C@@H](C)C(=O)N[C@H](C(=O)N1CCC[C@H]1CN(CCC(C)(C)C)C(=O)CCCCCCCCC(=O)NCCC(C)(C)C)C(C)(C)C. The molecule has 1 rings (SSSR count). The van der Waals surface area contributed by atoms with E-state index in [1.165, 1.54) is 0 Å². The van der Waals surface area contributed by atoms with Crippen LogP contribution in [0.25, 0.3) is 0 Å². The third kappa shape index (κ3) is 17.1. The quantitative estimate of drug-likeness (QED) is 0.148. The number of amides is 4. The molecule has 1 fully saturated rings. The lowest BCUT2D eigenvalue weighted by Crippen LogP contribution is -2.59. The van der Waals surface area contributed by atoms with Crippen LogP contribution in [-0.4, -0.2) is 84.8 Å². The Labute approximate surface area is 282 Å². The summed E-state index contributed by atoms with van der Waals surface area (Å²) in [6.07, 6.45) is 10.7. The zero-order valence-corrected chi connectivity index (χ0v) is 31.6. The molecule has 0 saturated carbocycles. The van der Waals surface area contributed by atoms with Gasteiger partial charge in [0.25, 0.3) is 0 Å². The van der Waals surface area contributed by atoms with Crippen LogP contribution < -0.4 is 16.0 Å². The summed E-state index contributed by atoms with van der Waals surface area (Å²) in [5, 5.41) is 8.99. The molecular weight excluding hydrogens is 578 g/mol. The molecule has 0 unspecified atom stereocenters. The van der Waals surface area contributed by atoms with Crippen molar-refractivity contribution in [2.24, 2.45) is 16.2 Å². The van der Waals surface area contributed by atoms with Crippen LogP contribution >= 0.6 is 0 Å². The molecule has 4 amide bonds. The van der Waals surface area contributed by atoms with E-state index in [-0.39, 0.29) is 40.5 Å². The number of likely N-dealkylation sites (N-methyl/N-ethyl adjacent to an activating group) is 1. The smallest absolute Gasteiger partial charge is 0.246 e. The van der Waals surface area contributed by atoms with E-state index in [1.807, 2.05) is 30.6 Å². The molecular formula is C37H71N5O4. The summed E-state index contributed by atoms with van der Waals surface area (Å²) < 4.78 is 0. The minimum atomic E-state index is -0.641. The molecule has 1 aliphatic heterocycles. The molecule has 0 aromatic carbocycles. The second-order valence-corrected chi connectivity index (χ2v) is 17.1. The average molecular weight is 650 g/mol. The van der Waals surface area contributed by atoms with E-state index >= 15 is 0 Å². The van der Waals surface area contributed by atoms with Crippen LogP contribution in [0.15, 0.2) is 0 Å². The molecule has 1 aliphatic rings. The van der Waals surface area contributed by atoms with Crippen molar-refractivity contribution in [3.63, 3.8) is 0 Å². The summed E-state index contributed by atoms with van der Waals surface area (Å²) >= 11 is 0. The van der Waals surface area contributed by atoms with Crippen LogP contribution in [0.5, 0.6) is 0 Å². The largest absolute Gasteiger partial charge is 0.356 e. The Kier molecular flexibility index (Phi) is 17.8. The van der Waals surface area contributed by atoms with Gasteiger partial charge in [-0.2, -0.15) is 0 Å². The van der Waals surface area contributed by atoms with Crippen molar-refractivity contribution in [1.29, 1.82) is 0 Å². The molecule has 1 heterocycles. The fourth-order valence-corrected chi connectivity index (χ4v) is 5.66. The number of carbonyl (C=O) groups excluding carboxylic acids is 4. The number of likely N-dealkylation sites (tertiary alicyclic amines) is 1. The van der Waals surface area contributed by atoms with Gasteiger partial charge in [-0.1, -0.05) is 88.0 Å². The Bertz CT molecular complexity index is 947. The number of rotatable bonds is 19. The average Bonchev–Trinajstić information content (AvgIpc) is 3.40. The highest BCUT2D eigenvalue weighted by molar-refractivity contribution is 5.90. The molecule has 9 heteroatoms. The standard InChI is InChI=1S/C37H71N5O4/c1-28(38-11)33(45)40-32(37(8,9)10)34(46)42-25-18-19-29(42)27-41(26-23-36(5,6)7)31(44)21-17-15-13-12-14-16-20-30(43)39-24-22-35(2,3)4/h28-29,32,38H,12-27H2,1-11H3,(H,39,43)(H,40,45)/t28-,29-,32+/m0/s1. The van der Waals surface area contributed by atoms with Crippen molar-refractivity contribution in [1.82, 2.24) is 25.8 Å². The van der Waals surface area contributed by atoms with Gasteiger partial charge in [-0.05, 0) is 68.7 Å². The minimum absolute atomic E-state index is 0.0504. The molecule has 0 aromatic heterocycles. The molecule has 3 atom stereocenters. The van der Waals surface area contributed by atoms with E-state index in [2.05, 4.69) is 57.5 Å². The molecule has 1 saturated heterocycles. The van der Waals surface area contributed by atoms with Gasteiger partial charge in [-0.3, -0.25) is 19.2 Å². The van der Waals surface area contributed by atoms with E-state index in [9.17, 15) is 19.2 Å². The Morgan fingerprint density at radius 1 is 0.826 bits per heavy atom. The lowest BCUT2D eigenvalue weighted by atomic mass is 9.85. The summed E-state index contributed by atoms with van der Waals surface area (Å²) in [5.74, 6) is 0.0663. The summed E-state index contributed by atoms with van der Waals surface area (Å²) in [6, 6.07) is -1.09. The van der Waals surface area contributed by atoms with E-state index < -0.39 is 17.5 Å². The summed E-state index contributed by atoms with van der Waals surface area (Å²) in [7, 11) is 1.73. The molecule has 46 heavy (non-hydrogen) atoms. The number of carbonyl (C=O) groups is 4. The molecule has 0 spiro atoms. The number of unbranched alkanes of at least 4 members (excludes halogenated alkanes) is 5. The first-order valence-electron chi connectivity index (χ1n) is 18.1. The van der Waals surface area contributed by atoms with E-state index in [1.54, 1.807) is 14.0 Å².